The number of rotatable bonds is 7. The third kappa shape index (κ3) is 4.66. The Labute approximate surface area is 210 Å². The Morgan fingerprint density at radius 1 is 1.03 bits per heavy atom. The maximum atomic E-state index is 12.5. The summed E-state index contributed by atoms with van der Waals surface area (Å²) in [6.45, 7) is 0.601. The molecule has 190 valence electrons. The number of hydrogen-bond donors (Lipinski definition) is 2. The SMILES string of the molecule is COc1ccc(NC(=O)NC2COC3C2OCC3n2nnnc2Oc2ccc(-n3cncn3)cc2)cc1. The van der Waals surface area contributed by atoms with Crippen LogP contribution in [0.1, 0.15) is 6.04 Å². The fourth-order valence-electron chi connectivity index (χ4n) is 4.40. The molecule has 0 spiro atoms. The van der Waals surface area contributed by atoms with Crippen molar-refractivity contribution in [3.05, 3.63) is 61.2 Å². The molecule has 2 aliphatic rings. The zero-order valence-electron chi connectivity index (χ0n) is 19.7. The van der Waals surface area contributed by atoms with Crippen LogP contribution in [-0.4, -0.2) is 79.6 Å². The summed E-state index contributed by atoms with van der Waals surface area (Å²) < 4.78 is 26.3. The van der Waals surface area contributed by atoms with E-state index in [0.717, 1.165) is 5.69 Å². The van der Waals surface area contributed by atoms with E-state index in [9.17, 15) is 4.79 Å². The van der Waals surface area contributed by atoms with Crippen molar-refractivity contribution in [2.24, 2.45) is 0 Å². The van der Waals surface area contributed by atoms with Crippen molar-refractivity contribution in [1.29, 1.82) is 0 Å². The summed E-state index contributed by atoms with van der Waals surface area (Å²) in [4.78, 5) is 16.5. The third-order valence-electron chi connectivity index (χ3n) is 6.20. The molecule has 0 aliphatic carbocycles. The quantitative estimate of drug-likeness (QED) is 0.379. The van der Waals surface area contributed by atoms with E-state index >= 15 is 0 Å². The highest BCUT2D eigenvalue weighted by molar-refractivity contribution is 5.89. The van der Waals surface area contributed by atoms with Gasteiger partial charge in [0.05, 0.1) is 32.1 Å². The number of nitrogens with zero attached hydrogens (tertiary/aromatic N) is 7. The lowest BCUT2D eigenvalue weighted by molar-refractivity contribution is 0.0613. The molecule has 14 nitrogen and oxygen atoms in total. The molecule has 14 heteroatoms. The van der Waals surface area contributed by atoms with E-state index in [0.29, 0.717) is 30.4 Å². The molecule has 4 heterocycles. The highest BCUT2D eigenvalue weighted by atomic mass is 16.6. The van der Waals surface area contributed by atoms with Crippen LogP contribution in [0.25, 0.3) is 5.69 Å². The summed E-state index contributed by atoms with van der Waals surface area (Å²) in [6.07, 6.45) is 2.37. The molecule has 4 atom stereocenters. The van der Waals surface area contributed by atoms with Gasteiger partial charge in [-0.3, -0.25) is 0 Å². The number of anilines is 1. The molecule has 0 radical (unpaired) electrons. The van der Waals surface area contributed by atoms with Gasteiger partial charge in [0.15, 0.2) is 0 Å². The van der Waals surface area contributed by atoms with Crippen LogP contribution in [0.3, 0.4) is 0 Å². The topological polar surface area (TPSA) is 152 Å². The molecule has 37 heavy (non-hydrogen) atoms. The van der Waals surface area contributed by atoms with Crippen molar-refractivity contribution < 1.29 is 23.7 Å². The molecule has 4 aromatic rings. The Morgan fingerprint density at radius 2 is 1.81 bits per heavy atom. The van der Waals surface area contributed by atoms with E-state index in [4.69, 9.17) is 18.9 Å². The highest BCUT2D eigenvalue weighted by Gasteiger charge is 2.50. The van der Waals surface area contributed by atoms with Gasteiger partial charge < -0.3 is 29.6 Å². The number of tetrazole rings is 1. The van der Waals surface area contributed by atoms with Crippen molar-refractivity contribution in [3.63, 3.8) is 0 Å². The summed E-state index contributed by atoms with van der Waals surface area (Å²) in [6, 6.07) is 13.5. The first-order valence-electron chi connectivity index (χ1n) is 11.5. The van der Waals surface area contributed by atoms with Crippen molar-refractivity contribution >= 4 is 11.7 Å². The maximum absolute atomic E-state index is 12.5. The van der Waals surface area contributed by atoms with Gasteiger partial charge in [-0.05, 0) is 59.0 Å². The highest BCUT2D eigenvalue weighted by Crippen LogP contribution is 2.36. The number of methoxy groups -OCH3 is 1. The van der Waals surface area contributed by atoms with E-state index in [-0.39, 0.29) is 36.3 Å². The monoisotopic (exact) mass is 505 g/mol. The number of benzene rings is 2. The number of urea groups is 1. The Bertz CT molecular complexity index is 1340. The van der Waals surface area contributed by atoms with Gasteiger partial charge in [0, 0.05) is 5.69 Å². The Balaban J connectivity index is 1.08. The largest absolute Gasteiger partial charge is 0.497 e. The molecular formula is C23H23N9O5. The van der Waals surface area contributed by atoms with Gasteiger partial charge in [-0.1, -0.05) is 5.10 Å². The molecule has 2 saturated heterocycles. The summed E-state index contributed by atoms with van der Waals surface area (Å²) in [5.74, 6) is 1.26. The van der Waals surface area contributed by atoms with Gasteiger partial charge in [-0.15, -0.1) is 0 Å². The second-order valence-corrected chi connectivity index (χ2v) is 8.44. The number of fused-ring (bicyclic) bond motifs is 1. The fraction of sp³-hybridized carbons (Fsp3) is 0.304. The molecule has 2 N–H and O–H groups in total. The smallest absolute Gasteiger partial charge is 0.341 e. The van der Waals surface area contributed by atoms with Crippen molar-refractivity contribution in [1.82, 2.24) is 40.3 Å². The maximum Gasteiger partial charge on any atom is 0.341 e. The summed E-state index contributed by atoms with van der Waals surface area (Å²) in [5.41, 5.74) is 1.48. The first kappa shape index (κ1) is 22.9. The molecule has 0 bridgehead atoms. The predicted octanol–water partition coefficient (Wildman–Crippen LogP) is 1.58. The Hall–Kier alpha value is -4.56. The molecule has 2 amide bonds. The second kappa shape index (κ2) is 9.83. The number of hydrogen-bond acceptors (Lipinski definition) is 10. The average molecular weight is 505 g/mol. The van der Waals surface area contributed by atoms with Crippen LogP contribution in [0.5, 0.6) is 17.5 Å². The van der Waals surface area contributed by atoms with Gasteiger partial charge in [0.1, 0.15) is 42.4 Å². The minimum Gasteiger partial charge on any atom is -0.497 e. The molecule has 0 saturated carbocycles. The van der Waals surface area contributed by atoms with Crippen molar-refractivity contribution in [2.45, 2.75) is 24.3 Å². The lowest BCUT2D eigenvalue weighted by Gasteiger charge is -2.18. The number of aromatic nitrogens is 7. The standard InChI is InChI=1S/C23H23N9O5/c1-34-16-6-2-14(3-7-16)26-22(33)27-18-10-35-21-19(11-36-20(18)21)32-23(28-29-30-32)37-17-8-4-15(5-9-17)31-13-24-12-25-31/h2-9,12-13,18-21H,10-11H2,1H3,(H2,26,27,33). The van der Waals surface area contributed by atoms with Gasteiger partial charge in [0.2, 0.25) is 0 Å². The third-order valence-corrected chi connectivity index (χ3v) is 6.20. The van der Waals surface area contributed by atoms with Crippen LogP contribution in [-0.2, 0) is 9.47 Å². The fourth-order valence-corrected chi connectivity index (χ4v) is 4.40. The van der Waals surface area contributed by atoms with Gasteiger partial charge in [-0.25, -0.2) is 14.5 Å². The first-order chi connectivity index (χ1) is 18.2. The number of amides is 2. The summed E-state index contributed by atoms with van der Waals surface area (Å²) >= 11 is 0. The summed E-state index contributed by atoms with van der Waals surface area (Å²) in [5, 5.41) is 21.7. The molecule has 4 unspecified atom stereocenters. The number of nitrogens with one attached hydrogen (secondary N) is 2. The van der Waals surface area contributed by atoms with E-state index in [1.54, 1.807) is 59.2 Å². The minimum atomic E-state index is -0.356. The minimum absolute atomic E-state index is 0.208. The molecule has 2 fully saturated rings. The number of carbonyl (C=O) groups is 1. The summed E-state index contributed by atoms with van der Waals surface area (Å²) in [7, 11) is 1.59. The van der Waals surface area contributed by atoms with E-state index in [1.807, 2.05) is 12.1 Å². The van der Waals surface area contributed by atoms with Crippen LogP contribution in [0.15, 0.2) is 61.2 Å². The van der Waals surface area contributed by atoms with Crippen LogP contribution in [0.4, 0.5) is 10.5 Å². The Morgan fingerprint density at radius 3 is 2.57 bits per heavy atom. The van der Waals surface area contributed by atoms with Gasteiger partial charge >= 0.3 is 12.0 Å². The van der Waals surface area contributed by atoms with Gasteiger partial charge in [-0.2, -0.15) is 9.78 Å². The van der Waals surface area contributed by atoms with Crippen LogP contribution in [0, 0.1) is 0 Å². The zero-order chi connectivity index (χ0) is 25.2. The van der Waals surface area contributed by atoms with Crippen molar-refractivity contribution in [3.8, 4) is 23.2 Å². The van der Waals surface area contributed by atoms with Crippen LogP contribution >= 0.6 is 0 Å². The predicted molar refractivity (Wildman–Crippen MR) is 127 cm³/mol. The zero-order valence-corrected chi connectivity index (χ0v) is 19.7. The lowest BCUT2D eigenvalue weighted by atomic mass is 10.1. The second-order valence-electron chi connectivity index (χ2n) is 8.44. The molecule has 6 rings (SSSR count). The molecule has 2 aromatic carbocycles. The van der Waals surface area contributed by atoms with Crippen LogP contribution in [0.2, 0.25) is 0 Å². The van der Waals surface area contributed by atoms with Crippen molar-refractivity contribution in [2.75, 3.05) is 25.6 Å². The molecule has 2 aromatic heterocycles. The average Bonchev–Trinajstić information content (AvgIpc) is 3.72. The lowest BCUT2D eigenvalue weighted by Crippen LogP contribution is -2.45. The Kier molecular flexibility index (Phi) is 6.08. The van der Waals surface area contributed by atoms with E-state index < -0.39 is 0 Å². The normalized spacial score (nSPS) is 22.4. The van der Waals surface area contributed by atoms with Gasteiger partial charge in [0.25, 0.3) is 0 Å². The molecule has 2 aliphatic heterocycles. The van der Waals surface area contributed by atoms with E-state index in [2.05, 4.69) is 36.2 Å². The number of ether oxygens (including phenoxy) is 4. The molecular weight excluding hydrogens is 482 g/mol. The van der Waals surface area contributed by atoms with E-state index in [1.165, 1.54) is 6.33 Å². The first-order valence-corrected chi connectivity index (χ1v) is 11.5. The van der Waals surface area contributed by atoms with Crippen LogP contribution < -0.4 is 20.1 Å². The number of carbonyl (C=O) groups excluding carboxylic acids is 1.